The van der Waals surface area contributed by atoms with Gasteiger partial charge in [0.05, 0.1) is 18.1 Å². The zero-order valence-corrected chi connectivity index (χ0v) is 18.5. The molecule has 5 rings (SSSR count). The minimum atomic E-state index is -0.556. The van der Waals surface area contributed by atoms with Crippen molar-refractivity contribution in [1.29, 1.82) is 0 Å². The number of anilines is 1. The van der Waals surface area contributed by atoms with Crippen LogP contribution in [-0.4, -0.2) is 31.7 Å². The van der Waals surface area contributed by atoms with Crippen LogP contribution in [0.3, 0.4) is 0 Å². The van der Waals surface area contributed by atoms with Gasteiger partial charge in [-0.05, 0) is 49.8 Å². The Morgan fingerprint density at radius 3 is 2.82 bits per heavy atom. The van der Waals surface area contributed by atoms with Crippen LogP contribution in [0.25, 0.3) is 11.3 Å². The van der Waals surface area contributed by atoms with E-state index in [0.29, 0.717) is 23.2 Å². The highest BCUT2D eigenvalue weighted by Gasteiger charge is 2.47. The smallest absolute Gasteiger partial charge is 0.327 e. The lowest BCUT2D eigenvalue weighted by molar-refractivity contribution is -0.130. The molecule has 2 unspecified atom stereocenters. The average molecular weight is 447 g/mol. The number of hydrogen-bond donors (Lipinski definition) is 2. The van der Waals surface area contributed by atoms with Gasteiger partial charge in [-0.25, -0.2) is 9.78 Å². The Hall–Kier alpha value is -3.75. The molecule has 3 aromatic rings. The van der Waals surface area contributed by atoms with E-state index in [-0.39, 0.29) is 11.3 Å². The van der Waals surface area contributed by atoms with E-state index in [1.165, 1.54) is 12.6 Å². The van der Waals surface area contributed by atoms with Crippen LogP contribution in [0.15, 0.2) is 49.1 Å². The second kappa shape index (κ2) is 8.65. The molecule has 170 valence electrons. The van der Waals surface area contributed by atoms with E-state index in [9.17, 15) is 9.59 Å². The quantitative estimate of drug-likeness (QED) is 0.605. The fourth-order valence-electron chi connectivity index (χ4n) is 4.98. The monoisotopic (exact) mass is 446 g/mol. The highest BCUT2D eigenvalue weighted by atomic mass is 16.5. The van der Waals surface area contributed by atoms with Crippen LogP contribution in [0.2, 0.25) is 0 Å². The zero-order chi connectivity index (χ0) is 22.8. The molecule has 2 bridgehead atoms. The molecular formula is C24H26N6O3. The molecule has 0 spiro atoms. The van der Waals surface area contributed by atoms with Crippen molar-refractivity contribution in [2.24, 2.45) is 18.4 Å². The van der Waals surface area contributed by atoms with Gasteiger partial charge < -0.3 is 4.74 Å². The first-order valence-corrected chi connectivity index (χ1v) is 11.2. The molecule has 3 amide bonds. The summed E-state index contributed by atoms with van der Waals surface area (Å²) in [5.41, 5.74) is 1.27. The summed E-state index contributed by atoms with van der Waals surface area (Å²) in [5, 5.41) is 9.31. The van der Waals surface area contributed by atoms with Crippen LogP contribution in [0.4, 0.5) is 10.6 Å². The van der Waals surface area contributed by atoms with Gasteiger partial charge in [0.1, 0.15) is 17.3 Å². The molecule has 9 heteroatoms. The number of carbonyl (C=O) groups excluding carboxylic acids is 2. The van der Waals surface area contributed by atoms with Gasteiger partial charge in [0, 0.05) is 36.5 Å². The summed E-state index contributed by atoms with van der Waals surface area (Å²) in [6, 6.07) is 6.35. The molecule has 3 heterocycles. The minimum absolute atomic E-state index is 0.163. The SMILES string of the molecule is Cn1cc(-c2cc(Oc3ccc(NC(=O)NC(=O)C45CCCC(CC4)C5)nc3)ccn2)cn1. The number of nitrogens with zero attached hydrogens (tertiary/aromatic N) is 4. The largest absolute Gasteiger partial charge is 0.456 e. The van der Waals surface area contributed by atoms with E-state index in [2.05, 4.69) is 25.7 Å². The predicted molar refractivity (Wildman–Crippen MR) is 122 cm³/mol. The average Bonchev–Trinajstić information content (AvgIpc) is 3.38. The lowest BCUT2D eigenvalue weighted by Crippen LogP contribution is -2.45. The maximum atomic E-state index is 12.7. The van der Waals surface area contributed by atoms with Crippen molar-refractivity contribution in [1.82, 2.24) is 25.1 Å². The summed E-state index contributed by atoms with van der Waals surface area (Å²) in [6.07, 6.45) is 12.8. The highest BCUT2D eigenvalue weighted by Crippen LogP contribution is 2.51. The molecule has 9 nitrogen and oxygen atoms in total. The van der Waals surface area contributed by atoms with E-state index in [0.717, 1.165) is 43.4 Å². The van der Waals surface area contributed by atoms with Crippen molar-refractivity contribution in [3.05, 3.63) is 49.1 Å². The number of imide groups is 1. The van der Waals surface area contributed by atoms with E-state index < -0.39 is 6.03 Å². The number of hydrogen-bond acceptors (Lipinski definition) is 6. The number of nitrogens with one attached hydrogen (secondary N) is 2. The Morgan fingerprint density at radius 1 is 1.12 bits per heavy atom. The number of pyridine rings is 2. The lowest BCUT2D eigenvalue weighted by atomic mass is 9.75. The Labute approximate surface area is 191 Å². The molecule has 0 radical (unpaired) electrons. The van der Waals surface area contributed by atoms with Gasteiger partial charge in [0.25, 0.3) is 0 Å². The summed E-state index contributed by atoms with van der Waals surface area (Å²) in [7, 11) is 1.85. The van der Waals surface area contributed by atoms with E-state index in [4.69, 9.17) is 4.74 Å². The van der Waals surface area contributed by atoms with E-state index in [1.54, 1.807) is 35.3 Å². The fraction of sp³-hybridized carbons (Fsp3) is 0.375. The molecule has 0 saturated heterocycles. The van der Waals surface area contributed by atoms with Crippen LogP contribution >= 0.6 is 0 Å². The number of amides is 3. The first-order valence-electron chi connectivity index (χ1n) is 11.2. The van der Waals surface area contributed by atoms with Gasteiger partial charge in [0.15, 0.2) is 0 Å². The molecule has 2 saturated carbocycles. The third-order valence-corrected chi connectivity index (χ3v) is 6.63. The number of rotatable bonds is 5. The standard InChI is InChI=1S/C24H26N6O3/c1-30-15-17(13-27-30)20-11-18(7-10-25-20)33-19-4-5-21(26-14-19)28-23(32)29-22(31)24-8-2-3-16(12-24)6-9-24/h4-5,7,10-11,13-16H,2-3,6,8-9,12H2,1H3,(H2,26,28,29,31,32). The second-order valence-corrected chi connectivity index (χ2v) is 8.95. The van der Waals surface area contributed by atoms with Crippen molar-refractivity contribution >= 4 is 17.8 Å². The minimum Gasteiger partial charge on any atom is -0.456 e. The van der Waals surface area contributed by atoms with E-state index >= 15 is 0 Å². The number of aromatic nitrogens is 4. The first-order chi connectivity index (χ1) is 16.0. The predicted octanol–water partition coefficient (Wildman–Crippen LogP) is 4.29. The van der Waals surface area contributed by atoms with Crippen molar-refractivity contribution in [2.75, 3.05) is 5.32 Å². The van der Waals surface area contributed by atoms with Gasteiger partial charge in [0.2, 0.25) is 5.91 Å². The van der Waals surface area contributed by atoms with Crippen molar-refractivity contribution in [2.45, 2.75) is 38.5 Å². The molecule has 0 aromatic carbocycles. The maximum absolute atomic E-state index is 12.7. The zero-order valence-electron chi connectivity index (χ0n) is 18.5. The maximum Gasteiger partial charge on any atom is 0.327 e. The van der Waals surface area contributed by atoms with Crippen molar-refractivity contribution in [3.8, 4) is 22.8 Å². The summed E-state index contributed by atoms with van der Waals surface area (Å²) in [6.45, 7) is 0. The Bertz CT molecular complexity index is 1170. The second-order valence-electron chi connectivity index (χ2n) is 8.95. The van der Waals surface area contributed by atoms with Gasteiger partial charge in [-0.3, -0.25) is 25.1 Å². The van der Waals surface area contributed by atoms with Crippen LogP contribution in [-0.2, 0) is 11.8 Å². The summed E-state index contributed by atoms with van der Waals surface area (Å²) >= 11 is 0. The number of carbonyl (C=O) groups is 2. The Morgan fingerprint density at radius 2 is 2.03 bits per heavy atom. The highest BCUT2D eigenvalue weighted by molar-refractivity contribution is 6.02. The van der Waals surface area contributed by atoms with Crippen LogP contribution in [0, 0.1) is 11.3 Å². The molecule has 33 heavy (non-hydrogen) atoms. The van der Waals surface area contributed by atoms with Gasteiger partial charge in [-0.1, -0.05) is 12.8 Å². The number of aryl methyl sites for hydroxylation is 1. The van der Waals surface area contributed by atoms with Crippen molar-refractivity contribution in [3.63, 3.8) is 0 Å². The number of ether oxygens (including phenoxy) is 1. The summed E-state index contributed by atoms with van der Waals surface area (Å²) in [4.78, 5) is 33.7. The van der Waals surface area contributed by atoms with Gasteiger partial charge in [-0.15, -0.1) is 0 Å². The van der Waals surface area contributed by atoms with Crippen LogP contribution in [0.1, 0.15) is 38.5 Å². The molecule has 3 aromatic heterocycles. The Balaban J connectivity index is 1.18. The molecular weight excluding hydrogens is 420 g/mol. The van der Waals surface area contributed by atoms with E-state index in [1.807, 2.05) is 19.3 Å². The van der Waals surface area contributed by atoms with Crippen LogP contribution < -0.4 is 15.4 Å². The third-order valence-electron chi connectivity index (χ3n) is 6.63. The van der Waals surface area contributed by atoms with Crippen LogP contribution in [0.5, 0.6) is 11.5 Å². The molecule has 0 aliphatic heterocycles. The van der Waals surface area contributed by atoms with Crippen molar-refractivity contribution < 1.29 is 14.3 Å². The Kier molecular flexibility index (Phi) is 5.53. The molecule has 2 aliphatic carbocycles. The molecule has 2 N–H and O–H groups in total. The third kappa shape index (κ3) is 4.57. The lowest BCUT2D eigenvalue weighted by Gasteiger charge is -2.31. The topological polar surface area (TPSA) is 111 Å². The summed E-state index contributed by atoms with van der Waals surface area (Å²) in [5.74, 6) is 1.92. The molecule has 2 fully saturated rings. The number of fused-ring (bicyclic) bond motifs is 2. The summed E-state index contributed by atoms with van der Waals surface area (Å²) < 4.78 is 7.58. The van der Waals surface area contributed by atoms with Gasteiger partial charge in [-0.2, -0.15) is 5.10 Å². The molecule has 2 atom stereocenters. The number of urea groups is 1. The fourth-order valence-corrected chi connectivity index (χ4v) is 4.98. The van der Waals surface area contributed by atoms with Gasteiger partial charge >= 0.3 is 6.03 Å². The normalized spacial score (nSPS) is 21.4. The molecule has 2 aliphatic rings. The first kappa shape index (κ1) is 21.1.